The fourth-order valence-corrected chi connectivity index (χ4v) is 9.27. The minimum absolute atomic E-state index is 0. The Kier molecular flexibility index (Phi) is 10.3. The summed E-state index contributed by atoms with van der Waals surface area (Å²) in [5.74, 6) is 0. The predicted molar refractivity (Wildman–Crippen MR) is 188 cm³/mol. The van der Waals surface area contributed by atoms with Crippen molar-refractivity contribution in [3.8, 4) is 33.4 Å². The van der Waals surface area contributed by atoms with E-state index in [1.807, 2.05) is 91.0 Å². The van der Waals surface area contributed by atoms with Crippen LogP contribution in [0.4, 0.5) is 0 Å². The van der Waals surface area contributed by atoms with Gasteiger partial charge in [-0.2, -0.15) is 0 Å². The molecule has 0 saturated carbocycles. The van der Waals surface area contributed by atoms with Crippen LogP contribution < -0.4 is 0 Å². The molecule has 3 aliphatic rings. The maximum Gasteiger partial charge on any atom is 0.124 e. The third-order valence-electron chi connectivity index (χ3n) is 9.23. The molecule has 13 heteroatoms. The van der Waals surface area contributed by atoms with Crippen molar-refractivity contribution in [2.45, 2.75) is 33.9 Å². The van der Waals surface area contributed by atoms with Crippen LogP contribution in [0.25, 0.3) is 33.4 Å². The molecule has 0 spiro atoms. The van der Waals surface area contributed by atoms with Crippen molar-refractivity contribution < 1.29 is 61.3 Å². The summed E-state index contributed by atoms with van der Waals surface area (Å²) in [6.07, 6.45) is 1.55. The van der Waals surface area contributed by atoms with E-state index in [1.165, 1.54) is 18.2 Å². The normalized spacial score (nSPS) is 13.0. The van der Waals surface area contributed by atoms with Crippen LogP contribution in [-0.2, 0) is 72.0 Å². The van der Waals surface area contributed by atoms with Gasteiger partial charge in [-0.25, -0.2) is 25.3 Å². The third-order valence-corrected chi connectivity index (χ3v) is 12.0. The molecule has 9 rings (SSSR count). The summed E-state index contributed by atoms with van der Waals surface area (Å²) in [5.41, 5.74) is 10.7. The summed E-state index contributed by atoms with van der Waals surface area (Å²) in [6, 6.07) is 37.7. The molecule has 52 heavy (non-hydrogen) atoms. The van der Waals surface area contributed by atoms with E-state index in [4.69, 9.17) is 0 Å². The minimum atomic E-state index is -4.40. The SMILES string of the molecule is O=S(=O)([O-])c1cccc2c1Cc1ccccc1-2.O=S(=O)([O-])c1cccc2c1Cc1ccccc1-2.O=S(=O)([O-])c1cccc2c1Cc1ccccc1-2.[Ag]. The Bertz CT molecular complexity index is 2410. The van der Waals surface area contributed by atoms with Crippen molar-refractivity contribution in [1.29, 1.82) is 0 Å². The number of rotatable bonds is 3. The Balaban J connectivity index is 0.000000133. The molecule has 0 aromatic heterocycles. The van der Waals surface area contributed by atoms with Gasteiger partial charge in [0.25, 0.3) is 0 Å². The molecule has 0 bridgehead atoms. The first-order chi connectivity index (χ1) is 24.2. The summed E-state index contributed by atoms with van der Waals surface area (Å²) in [7, 11) is -13.2. The van der Waals surface area contributed by atoms with Gasteiger partial charge in [0.1, 0.15) is 30.4 Å². The summed E-state index contributed by atoms with van der Waals surface area (Å²) < 4.78 is 101. The Morgan fingerprint density at radius 3 is 0.808 bits per heavy atom. The van der Waals surface area contributed by atoms with Crippen molar-refractivity contribution in [3.05, 3.63) is 161 Å². The van der Waals surface area contributed by atoms with E-state index >= 15 is 0 Å². The van der Waals surface area contributed by atoms with Gasteiger partial charge in [-0.05, 0) is 104 Å². The average molecular weight is 844 g/mol. The molecule has 1 radical (unpaired) electrons. The van der Waals surface area contributed by atoms with Gasteiger partial charge in [-0.15, -0.1) is 0 Å². The van der Waals surface area contributed by atoms with Crippen molar-refractivity contribution >= 4 is 30.4 Å². The summed E-state index contributed by atoms with van der Waals surface area (Å²) in [6.45, 7) is 0. The van der Waals surface area contributed by atoms with Crippen LogP contribution in [0.1, 0.15) is 33.4 Å². The van der Waals surface area contributed by atoms with Crippen LogP contribution in [0.3, 0.4) is 0 Å². The van der Waals surface area contributed by atoms with Crippen LogP contribution in [0, 0.1) is 0 Å². The molecular weight excluding hydrogens is 816 g/mol. The Morgan fingerprint density at radius 2 is 0.558 bits per heavy atom. The second-order valence-electron chi connectivity index (χ2n) is 12.2. The molecule has 0 atom stereocenters. The number of fused-ring (bicyclic) bond motifs is 9. The first kappa shape index (κ1) is 37.5. The van der Waals surface area contributed by atoms with E-state index in [-0.39, 0.29) is 37.1 Å². The van der Waals surface area contributed by atoms with Crippen LogP contribution in [0.5, 0.6) is 0 Å². The van der Waals surface area contributed by atoms with E-state index in [0.29, 0.717) is 36.0 Å². The Labute approximate surface area is 317 Å². The fourth-order valence-electron chi connectivity index (χ4n) is 7.09. The van der Waals surface area contributed by atoms with E-state index in [0.717, 1.165) is 50.1 Å². The fraction of sp³-hybridized carbons (Fsp3) is 0.0769. The van der Waals surface area contributed by atoms with Crippen LogP contribution in [-0.4, -0.2) is 38.9 Å². The van der Waals surface area contributed by atoms with Gasteiger partial charge in [0.05, 0.1) is 14.7 Å². The second-order valence-corrected chi connectivity index (χ2v) is 16.3. The van der Waals surface area contributed by atoms with Gasteiger partial charge in [-0.3, -0.25) is 0 Å². The smallest absolute Gasteiger partial charge is 0.124 e. The average Bonchev–Trinajstić information content (AvgIpc) is 3.78. The van der Waals surface area contributed by atoms with Crippen molar-refractivity contribution in [2.24, 2.45) is 0 Å². The van der Waals surface area contributed by atoms with Crippen LogP contribution >= 0.6 is 0 Å². The largest absolute Gasteiger partial charge is 0.744 e. The van der Waals surface area contributed by atoms with E-state index in [9.17, 15) is 38.9 Å². The van der Waals surface area contributed by atoms with Gasteiger partial charge in [0, 0.05) is 22.4 Å². The molecular formula is C39H27AgO9S3-3. The van der Waals surface area contributed by atoms with Crippen molar-refractivity contribution in [3.63, 3.8) is 0 Å². The van der Waals surface area contributed by atoms with Gasteiger partial charge in [0.2, 0.25) is 0 Å². The zero-order valence-corrected chi connectivity index (χ0v) is 30.9. The quantitative estimate of drug-likeness (QED) is 0.143. The summed E-state index contributed by atoms with van der Waals surface area (Å²) in [4.78, 5) is -0.274. The Hall–Kier alpha value is -4.21. The molecule has 0 aliphatic heterocycles. The first-order valence-corrected chi connectivity index (χ1v) is 19.9. The van der Waals surface area contributed by atoms with E-state index in [1.54, 1.807) is 18.2 Å². The van der Waals surface area contributed by atoms with Crippen molar-refractivity contribution in [2.75, 3.05) is 0 Å². The Morgan fingerprint density at radius 1 is 0.327 bits per heavy atom. The van der Waals surface area contributed by atoms with E-state index in [2.05, 4.69) is 0 Å². The van der Waals surface area contributed by atoms with Crippen LogP contribution in [0.15, 0.2) is 142 Å². The monoisotopic (exact) mass is 842 g/mol. The maximum absolute atomic E-state index is 11.2. The van der Waals surface area contributed by atoms with Gasteiger partial charge in [-0.1, -0.05) is 109 Å². The molecule has 9 nitrogen and oxygen atoms in total. The summed E-state index contributed by atoms with van der Waals surface area (Å²) in [5, 5.41) is 0. The predicted octanol–water partition coefficient (Wildman–Crippen LogP) is 6.48. The molecule has 0 amide bonds. The standard InChI is InChI=1S/3C13H10O3S.Ag/c3*14-17(15,16)13-7-3-6-11-10-5-2-1-4-9(10)8-12(11)13;/h3*1-7H,8H2,(H,14,15,16);/p-3. The van der Waals surface area contributed by atoms with Crippen molar-refractivity contribution in [1.82, 2.24) is 0 Å². The molecule has 6 aromatic carbocycles. The van der Waals surface area contributed by atoms with E-state index < -0.39 is 30.4 Å². The molecule has 0 fully saturated rings. The number of hydrogen-bond donors (Lipinski definition) is 0. The molecule has 3 aliphatic carbocycles. The zero-order chi connectivity index (χ0) is 36.1. The minimum Gasteiger partial charge on any atom is -0.744 e. The topological polar surface area (TPSA) is 172 Å². The molecule has 0 saturated heterocycles. The maximum atomic E-state index is 11.2. The molecule has 269 valence electrons. The zero-order valence-electron chi connectivity index (χ0n) is 26.9. The van der Waals surface area contributed by atoms with Gasteiger partial charge in [0.15, 0.2) is 0 Å². The molecule has 0 heterocycles. The molecule has 6 aromatic rings. The number of benzene rings is 6. The first-order valence-electron chi connectivity index (χ1n) is 15.7. The number of hydrogen-bond acceptors (Lipinski definition) is 9. The van der Waals surface area contributed by atoms with Gasteiger partial charge >= 0.3 is 0 Å². The third kappa shape index (κ3) is 7.22. The summed E-state index contributed by atoms with van der Waals surface area (Å²) >= 11 is 0. The molecule has 0 N–H and O–H groups in total. The van der Waals surface area contributed by atoms with Gasteiger partial charge < -0.3 is 13.7 Å². The second kappa shape index (κ2) is 14.3. The van der Waals surface area contributed by atoms with Crippen LogP contribution in [0.2, 0.25) is 0 Å². The molecule has 0 unspecified atom stereocenters.